The van der Waals surface area contributed by atoms with E-state index in [1.54, 1.807) is 12.1 Å². The quantitative estimate of drug-likeness (QED) is 0.810. The van der Waals surface area contributed by atoms with Gasteiger partial charge in [0.05, 0.1) is 27.0 Å². The van der Waals surface area contributed by atoms with Gasteiger partial charge in [-0.25, -0.2) is 4.79 Å². The number of carbonyl (C=O) groups is 1. The zero-order valence-corrected chi connectivity index (χ0v) is 14.2. The fourth-order valence-electron chi connectivity index (χ4n) is 1.72. The number of carboxylic acids is 1. The molecule has 0 heterocycles. The van der Waals surface area contributed by atoms with Crippen LogP contribution in [0, 0.1) is 0 Å². The first-order valence-corrected chi connectivity index (χ1v) is 8.53. The third-order valence-corrected chi connectivity index (χ3v) is 5.02. The highest BCUT2D eigenvalue weighted by Gasteiger charge is 2.16. The molecule has 1 unspecified atom stereocenters. The maximum absolute atomic E-state index is 12.4. The van der Waals surface area contributed by atoms with Gasteiger partial charge in [-0.15, -0.1) is 0 Å². The molecule has 0 aromatic heterocycles. The Morgan fingerprint density at radius 3 is 2.45 bits per heavy atom. The van der Waals surface area contributed by atoms with Crippen LogP contribution in [0.4, 0.5) is 0 Å². The summed E-state index contributed by atoms with van der Waals surface area (Å²) in [5.41, 5.74) is 0.954. The highest BCUT2D eigenvalue weighted by molar-refractivity contribution is 9.10. The third-order valence-electron chi connectivity index (χ3n) is 2.61. The molecule has 104 valence electrons. The Balaban J connectivity index is 2.34. The van der Waals surface area contributed by atoms with Crippen LogP contribution in [0.1, 0.15) is 15.9 Å². The second-order valence-corrected chi connectivity index (χ2v) is 7.32. The molecule has 0 fully saturated rings. The van der Waals surface area contributed by atoms with Crippen LogP contribution in [-0.2, 0) is 16.6 Å². The molecule has 1 atom stereocenters. The highest BCUT2D eigenvalue weighted by Crippen LogP contribution is 2.23. The topological polar surface area (TPSA) is 54.4 Å². The summed E-state index contributed by atoms with van der Waals surface area (Å²) in [4.78, 5) is 11.5. The van der Waals surface area contributed by atoms with Crippen molar-refractivity contribution in [1.29, 1.82) is 0 Å². The van der Waals surface area contributed by atoms with Crippen LogP contribution in [0.5, 0.6) is 0 Å². The first kappa shape index (κ1) is 15.4. The molecular formula is C14H10Br2O3S. The standard InChI is InChI=1S/C14H10Br2O3S/c15-10-3-1-2-9(6-10)8-20(19)13-7-11(16)4-5-12(13)14(17)18/h1-7H,8H2,(H,17,18). The van der Waals surface area contributed by atoms with E-state index in [4.69, 9.17) is 5.11 Å². The molecule has 2 rings (SSSR count). The van der Waals surface area contributed by atoms with E-state index < -0.39 is 16.8 Å². The largest absolute Gasteiger partial charge is 0.478 e. The zero-order chi connectivity index (χ0) is 14.7. The van der Waals surface area contributed by atoms with E-state index >= 15 is 0 Å². The maximum atomic E-state index is 12.4. The van der Waals surface area contributed by atoms with E-state index in [1.807, 2.05) is 24.3 Å². The van der Waals surface area contributed by atoms with Gasteiger partial charge >= 0.3 is 5.97 Å². The van der Waals surface area contributed by atoms with Crippen LogP contribution >= 0.6 is 31.9 Å². The van der Waals surface area contributed by atoms with Crippen LogP contribution < -0.4 is 0 Å². The van der Waals surface area contributed by atoms with Crippen molar-refractivity contribution in [2.75, 3.05) is 0 Å². The fraction of sp³-hybridized carbons (Fsp3) is 0.0714. The van der Waals surface area contributed by atoms with Gasteiger partial charge in [0.25, 0.3) is 0 Å². The molecule has 0 radical (unpaired) electrons. The summed E-state index contributed by atoms with van der Waals surface area (Å²) in [6, 6.07) is 12.2. The van der Waals surface area contributed by atoms with Gasteiger partial charge in [-0.05, 0) is 35.9 Å². The van der Waals surface area contributed by atoms with Gasteiger partial charge < -0.3 is 5.11 Å². The van der Waals surface area contributed by atoms with Crippen LogP contribution in [0.2, 0.25) is 0 Å². The predicted octanol–water partition coefficient (Wildman–Crippen LogP) is 4.22. The normalized spacial score (nSPS) is 12.1. The summed E-state index contributed by atoms with van der Waals surface area (Å²) in [6.07, 6.45) is 0. The average molecular weight is 418 g/mol. The van der Waals surface area contributed by atoms with Crippen molar-refractivity contribution in [3.8, 4) is 0 Å². The molecule has 0 aliphatic rings. The number of hydrogen-bond donors (Lipinski definition) is 1. The Hall–Kier alpha value is -0.980. The summed E-state index contributed by atoms with van der Waals surface area (Å²) in [6.45, 7) is 0. The van der Waals surface area contributed by atoms with Crippen molar-refractivity contribution in [2.45, 2.75) is 10.6 Å². The lowest BCUT2D eigenvalue weighted by atomic mass is 10.2. The van der Waals surface area contributed by atoms with E-state index in [9.17, 15) is 9.00 Å². The number of hydrogen-bond acceptors (Lipinski definition) is 2. The Labute approximate surface area is 135 Å². The maximum Gasteiger partial charge on any atom is 0.336 e. The lowest BCUT2D eigenvalue weighted by molar-refractivity contribution is 0.0693. The Kier molecular flexibility index (Phi) is 5.12. The minimum atomic E-state index is -1.42. The van der Waals surface area contributed by atoms with E-state index in [0.717, 1.165) is 10.0 Å². The fourth-order valence-corrected chi connectivity index (χ4v) is 3.97. The molecule has 6 heteroatoms. The molecule has 0 aliphatic carbocycles. The van der Waals surface area contributed by atoms with Gasteiger partial charge in [-0.1, -0.05) is 44.0 Å². The Morgan fingerprint density at radius 2 is 1.80 bits per heavy atom. The molecule has 0 spiro atoms. The van der Waals surface area contributed by atoms with E-state index in [-0.39, 0.29) is 11.3 Å². The molecule has 2 aromatic carbocycles. The molecule has 3 nitrogen and oxygen atoms in total. The monoisotopic (exact) mass is 416 g/mol. The van der Waals surface area contributed by atoms with E-state index in [2.05, 4.69) is 31.9 Å². The van der Waals surface area contributed by atoms with Gasteiger partial charge in [0, 0.05) is 8.95 Å². The van der Waals surface area contributed by atoms with Gasteiger partial charge in [-0.3, -0.25) is 4.21 Å². The van der Waals surface area contributed by atoms with Gasteiger partial charge in [0.15, 0.2) is 0 Å². The highest BCUT2D eigenvalue weighted by atomic mass is 79.9. The van der Waals surface area contributed by atoms with Crippen molar-refractivity contribution in [2.24, 2.45) is 0 Å². The second-order valence-electron chi connectivity index (χ2n) is 4.07. The second kappa shape index (κ2) is 6.65. The summed E-state index contributed by atoms with van der Waals surface area (Å²) in [7, 11) is -1.42. The van der Waals surface area contributed by atoms with Crippen LogP contribution in [0.15, 0.2) is 56.3 Å². The van der Waals surface area contributed by atoms with Crippen molar-refractivity contribution in [1.82, 2.24) is 0 Å². The van der Waals surface area contributed by atoms with E-state index in [0.29, 0.717) is 9.37 Å². The number of aromatic carboxylic acids is 1. The SMILES string of the molecule is O=C(O)c1ccc(Br)cc1S(=O)Cc1cccc(Br)c1. The lowest BCUT2D eigenvalue weighted by Gasteiger charge is -2.07. The summed E-state index contributed by atoms with van der Waals surface area (Å²) >= 11 is 6.63. The minimum absolute atomic E-state index is 0.0709. The number of carboxylic acid groups (broad SMARTS) is 1. The lowest BCUT2D eigenvalue weighted by Crippen LogP contribution is -2.06. The third kappa shape index (κ3) is 3.77. The number of halogens is 2. The van der Waals surface area contributed by atoms with Crippen LogP contribution in [0.3, 0.4) is 0 Å². The van der Waals surface area contributed by atoms with E-state index in [1.165, 1.54) is 6.07 Å². The Morgan fingerprint density at radius 1 is 1.10 bits per heavy atom. The molecule has 0 aliphatic heterocycles. The minimum Gasteiger partial charge on any atom is -0.478 e. The molecule has 0 saturated heterocycles. The van der Waals surface area contributed by atoms with Crippen molar-refractivity contribution >= 4 is 48.6 Å². The molecule has 2 aromatic rings. The van der Waals surface area contributed by atoms with Gasteiger partial charge in [0.1, 0.15) is 0 Å². The smallest absolute Gasteiger partial charge is 0.336 e. The summed E-state index contributed by atoms with van der Waals surface area (Å²) in [5.74, 6) is -0.800. The summed E-state index contributed by atoms with van der Waals surface area (Å²) < 4.78 is 14.0. The molecule has 1 N–H and O–H groups in total. The van der Waals surface area contributed by atoms with Crippen molar-refractivity contribution in [3.05, 3.63) is 62.5 Å². The molecule has 0 bridgehead atoms. The van der Waals surface area contributed by atoms with Gasteiger partial charge in [-0.2, -0.15) is 0 Å². The van der Waals surface area contributed by atoms with Crippen LogP contribution in [-0.4, -0.2) is 15.3 Å². The van der Waals surface area contributed by atoms with Crippen LogP contribution in [0.25, 0.3) is 0 Å². The molecular weight excluding hydrogens is 408 g/mol. The number of benzene rings is 2. The van der Waals surface area contributed by atoms with Gasteiger partial charge in [0.2, 0.25) is 0 Å². The molecule has 0 saturated carbocycles. The first-order chi connectivity index (χ1) is 9.47. The molecule has 0 amide bonds. The zero-order valence-electron chi connectivity index (χ0n) is 10.2. The summed E-state index contributed by atoms with van der Waals surface area (Å²) in [5, 5.41) is 9.16. The Bertz CT molecular complexity index is 686. The average Bonchev–Trinajstić information content (AvgIpc) is 2.38. The predicted molar refractivity (Wildman–Crippen MR) is 85.4 cm³/mol. The number of rotatable bonds is 4. The first-order valence-electron chi connectivity index (χ1n) is 5.63. The molecule has 20 heavy (non-hydrogen) atoms. The van der Waals surface area contributed by atoms with Crippen molar-refractivity contribution in [3.63, 3.8) is 0 Å². The van der Waals surface area contributed by atoms with Crippen molar-refractivity contribution < 1.29 is 14.1 Å².